The molecule has 0 radical (unpaired) electrons. The summed E-state index contributed by atoms with van der Waals surface area (Å²) in [6.07, 6.45) is 0.278. The van der Waals surface area contributed by atoms with Crippen molar-refractivity contribution in [2.45, 2.75) is 36.7 Å². The van der Waals surface area contributed by atoms with E-state index in [0.717, 1.165) is 0 Å². The van der Waals surface area contributed by atoms with Crippen molar-refractivity contribution in [1.82, 2.24) is 10.6 Å². The van der Waals surface area contributed by atoms with Gasteiger partial charge in [-0.05, 0) is 48.4 Å². The minimum atomic E-state index is -4.40. The Balaban J connectivity index is 2.67. The molecule has 0 aliphatic carbocycles. The third kappa shape index (κ3) is 9.73. The lowest BCUT2D eigenvalue weighted by molar-refractivity contribution is -0.138. The number of hydrogen-bond donors (Lipinski definition) is 4. The van der Waals surface area contributed by atoms with Crippen LogP contribution in [0.25, 0.3) is 0 Å². The maximum atomic E-state index is 12.3. The lowest BCUT2D eigenvalue weighted by Gasteiger charge is -2.20. The molecule has 0 bridgehead atoms. The Labute approximate surface area is 158 Å². The average molecular weight is 407 g/mol. The zero-order valence-corrected chi connectivity index (χ0v) is 15.4. The quantitative estimate of drug-likeness (QED) is 0.496. The molecule has 11 heteroatoms. The van der Waals surface area contributed by atoms with Crippen molar-refractivity contribution in [1.29, 1.82) is 0 Å². The third-order valence-corrected chi connectivity index (χ3v) is 3.83. The smallest absolute Gasteiger partial charge is 0.446 e. The number of halogens is 3. The summed E-state index contributed by atoms with van der Waals surface area (Å²) in [5.41, 5.74) is -4.16. The molecule has 1 atom stereocenters. The van der Waals surface area contributed by atoms with E-state index in [-0.39, 0.29) is 34.7 Å². The van der Waals surface area contributed by atoms with Gasteiger partial charge in [0.1, 0.15) is 12.6 Å². The first-order chi connectivity index (χ1) is 12.5. The Morgan fingerprint density at radius 3 is 2.22 bits per heavy atom. The van der Waals surface area contributed by atoms with Crippen molar-refractivity contribution in [3.63, 3.8) is 0 Å². The van der Waals surface area contributed by atoms with E-state index in [1.807, 2.05) is 13.8 Å². The number of carbonyl (C=O) groups excluding carboxylic acids is 2. The molecule has 3 amide bonds. The molecule has 0 saturated heterocycles. The van der Waals surface area contributed by atoms with E-state index in [4.69, 9.17) is 5.11 Å². The Morgan fingerprint density at radius 2 is 1.74 bits per heavy atom. The molecule has 1 rings (SSSR count). The largest absolute Gasteiger partial charge is 0.480 e. The average Bonchev–Trinajstić information content (AvgIpc) is 2.52. The van der Waals surface area contributed by atoms with Crippen LogP contribution in [0.1, 0.15) is 20.3 Å². The van der Waals surface area contributed by atoms with Crippen molar-refractivity contribution in [3.05, 3.63) is 24.3 Å². The van der Waals surface area contributed by atoms with Crippen LogP contribution in [-0.4, -0.2) is 41.1 Å². The number of carboxylic acid groups (broad SMARTS) is 1. The molecular weight excluding hydrogens is 387 g/mol. The second-order valence-corrected chi connectivity index (χ2v) is 7.10. The lowest BCUT2D eigenvalue weighted by atomic mass is 10.0. The number of benzene rings is 1. The van der Waals surface area contributed by atoms with Crippen LogP contribution in [-0.2, 0) is 9.59 Å². The predicted molar refractivity (Wildman–Crippen MR) is 94.4 cm³/mol. The summed E-state index contributed by atoms with van der Waals surface area (Å²) in [5, 5.41) is 15.7. The lowest BCUT2D eigenvalue weighted by Crippen LogP contribution is -2.49. The minimum Gasteiger partial charge on any atom is -0.480 e. The second kappa shape index (κ2) is 10.0. The molecule has 0 aliphatic rings. The van der Waals surface area contributed by atoms with Crippen molar-refractivity contribution < 1.29 is 32.7 Å². The zero-order chi connectivity index (χ0) is 20.6. The van der Waals surface area contributed by atoms with Crippen LogP contribution in [0.4, 0.5) is 23.7 Å². The first kappa shape index (κ1) is 22.6. The normalized spacial score (nSPS) is 12.4. The third-order valence-electron chi connectivity index (χ3n) is 3.09. The number of carbonyl (C=O) groups is 3. The zero-order valence-electron chi connectivity index (χ0n) is 14.6. The van der Waals surface area contributed by atoms with Gasteiger partial charge >= 0.3 is 17.5 Å². The van der Waals surface area contributed by atoms with Crippen LogP contribution < -0.4 is 16.0 Å². The van der Waals surface area contributed by atoms with E-state index < -0.39 is 36.0 Å². The van der Waals surface area contributed by atoms with E-state index in [9.17, 15) is 27.6 Å². The summed E-state index contributed by atoms with van der Waals surface area (Å²) in [5.74, 6) is -1.81. The molecule has 0 fully saturated rings. The van der Waals surface area contributed by atoms with E-state index in [1.165, 1.54) is 24.3 Å². The standard InChI is InChI=1S/C16H20F3N3O4S/c1-9(2)7-12(14(25)20-8-13(23)24)22-15(26)21-10-3-5-11(6-4-10)27-16(17,18)19/h3-6,9,12H,7-8H2,1-2H3,(H,20,25)(H,23,24)(H2,21,22,26)/t12-/m0/s1. The maximum Gasteiger partial charge on any atom is 0.446 e. The number of aliphatic carboxylic acids is 1. The molecule has 0 saturated carbocycles. The Bertz CT molecular complexity index is 666. The first-order valence-electron chi connectivity index (χ1n) is 7.89. The second-order valence-electron chi connectivity index (χ2n) is 5.96. The maximum absolute atomic E-state index is 12.3. The van der Waals surface area contributed by atoms with Gasteiger partial charge in [-0.3, -0.25) is 9.59 Å². The summed E-state index contributed by atoms with van der Waals surface area (Å²) in [6.45, 7) is 3.08. The van der Waals surface area contributed by atoms with Crippen LogP contribution in [0.3, 0.4) is 0 Å². The number of carboxylic acids is 1. The number of thioether (sulfide) groups is 1. The molecular formula is C16H20F3N3O4S. The SMILES string of the molecule is CC(C)C[C@H](NC(=O)Nc1ccc(SC(F)(F)F)cc1)C(=O)NCC(=O)O. The number of alkyl halides is 3. The van der Waals surface area contributed by atoms with E-state index in [2.05, 4.69) is 16.0 Å². The highest BCUT2D eigenvalue weighted by atomic mass is 32.2. The predicted octanol–water partition coefficient (Wildman–Crippen LogP) is 3.04. The minimum absolute atomic E-state index is 0.0285. The molecule has 27 heavy (non-hydrogen) atoms. The Hall–Kier alpha value is -2.43. The van der Waals surface area contributed by atoms with E-state index in [1.54, 1.807) is 0 Å². The van der Waals surface area contributed by atoms with Crippen molar-refractivity contribution in [2.75, 3.05) is 11.9 Å². The van der Waals surface area contributed by atoms with Crippen molar-refractivity contribution >= 4 is 35.4 Å². The van der Waals surface area contributed by atoms with Gasteiger partial charge in [0.25, 0.3) is 0 Å². The summed E-state index contributed by atoms with van der Waals surface area (Å²) < 4.78 is 36.9. The van der Waals surface area contributed by atoms with Gasteiger partial charge in [-0.25, -0.2) is 4.79 Å². The van der Waals surface area contributed by atoms with Gasteiger partial charge < -0.3 is 21.1 Å². The molecule has 4 N–H and O–H groups in total. The summed E-state index contributed by atoms with van der Waals surface area (Å²) >= 11 is -0.272. The van der Waals surface area contributed by atoms with Gasteiger partial charge in [0, 0.05) is 10.6 Å². The van der Waals surface area contributed by atoms with Gasteiger partial charge in [0.15, 0.2) is 0 Å². The van der Waals surface area contributed by atoms with Crippen LogP contribution in [0.15, 0.2) is 29.2 Å². The molecule has 0 spiro atoms. The summed E-state index contributed by atoms with van der Waals surface area (Å²) in [6, 6.07) is 3.33. The molecule has 1 aromatic carbocycles. The van der Waals surface area contributed by atoms with Crippen LogP contribution in [0, 0.1) is 5.92 Å². The van der Waals surface area contributed by atoms with E-state index in [0.29, 0.717) is 0 Å². The molecule has 150 valence electrons. The monoisotopic (exact) mass is 407 g/mol. The van der Waals surface area contributed by atoms with Gasteiger partial charge in [0.05, 0.1) is 0 Å². The van der Waals surface area contributed by atoms with Gasteiger partial charge in [-0.15, -0.1) is 0 Å². The molecule has 0 aromatic heterocycles. The highest BCUT2D eigenvalue weighted by Crippen LogP contribution is 2.36. The highest BCUT2D eigenvalue weighted by molar-refractivity contribution is 8.00. The summed E-state index contributed by atoms with van der Waals surface area (Å²) in [4.78, 5) is 34.6. The Kier molecular flexibility index (Phi) is 8.41. The van der Waals surface area contributed by atoms with Crippen molar-refractivity contribution in [3.8, 4) is 0 Å². The van der Waals surface area contributed by atoms with Crippen LogP contribution >= 0.6 is 11.8 Å². The number of urea groups is 1. The van der Waals surface area contributed by atoms with E-state index >= 15 is 0 Å². The van der Waals surface area contributed by atoms with Crippen LogP contribution in [0.2, 0.25) is 0 Å². The first-order valence-corrected chi connectivity index (χ1v) is 8.70. The molecule has 0 aliphatic heterocycles. The number of hydrogen-bond acceptors (Lipinski definition) is 4. The highest BCUT2D eigenvalue weighted by Gasteiger charge is 2.29. The van der Waals surface area contributed by atoms with Gasteiger partial charge in [-0.2, -0.15) is 13.2 Å². The fourth-order valence-electron chi connectivity index (χ4n) is 2.05. The summed E-state index contributed by atoms with van der Waals surface area (Å²) in [7, 11) is 0. The molecule has 0 heterocycles. The van der Waals surface area contributed by atoms with Crippen LogP contribution in [0.5, 0.6) is 0 Å². The van der Waals surface area contributed by atoms with Gasteiger partial charge in [-0.1, -0.05) is 13.8 Å². The fraction of sp³-hybridized carbons (Fsp3) is 0.438. The molecule has 7 nitrogen and oxygen atoms in total. The number of rotatable bonds is 8. The number of nitrogens with one attached hydrogen (secondary N) is 3. The Morgan fingerprint density at radius 1 is 1.15 bits per heavy atom. The molecule has 0 unspecified atom stereocenters. The number of amides is 3. The molecule has 1 aromatic rings. The topological polar surface area (TPSA) is 108 Å². The van der Waals surface area contributed by atoms with Gasteiger partial charge in [0.2, 0.25) is 5.91 Å². The number of anilines is 1. The van der Waals surface area contributed by atoms with Crippen molar-refractivity contribution in [2.24, 2.45) is 5.92 Å². The fourth-order valence-corrected chi connectivity index (χ4v) is 2.59.